The second-order valence-electron chi connectivity index (χ2n) is 4.89. The average molecular weight is 384 g/mol. The molecule has 2 rings (SSSR count). The number of hydrogen-bond donors (Lipinski definition) is 1. The van der Waals surface area contributed by atoms with Gasteiger partial charge < -0.3 is 5.11 Å². The van der Waals surface area contributed by atoms with E-state index in [9.17, 15) is 5.11 Å². The van der Waals surface area contributed by atoms with Gasteiger partial charge in [0, 0.05) is 14.5 Å². The van der Waals surface area contributed by atoms with Gasteiger partial charge in [0.05, 0.1) is 0 Å². The van der Waals surface area contributed by atoms with Gasteiger partial charge in [-0.15, -0.1) is 0 Å². The summed E-state index contributed by atoms with van der Waals surface area (Å²) in [6.07, 6.45) is -0.619. The molecular weight excluding hydrogens is 368 g/mol. The van der Waals surface area contributed by atoms with Crippen LogP contribution in [0.4, 0.5) is 0 Å². The summed E-state index contributed by atoms with van der Waals surface area (Å²) >= 11 is 7.06. The maximum atomic E-state index is 10.6. The summed E-state index contributed by atoms with van der Waals surface area (Å²) in [6, 6.07) is 10.1. The fraction of sp³-hybridized carbons (Fsp3) is 0.250. The smallest absolute Gasteiger partial charge is 0.105 e. The van der Waals surface area contributed by atoms with Crippen molar-refractivity contribution in [3.8, 4) is 0 Å². The monoisotopic (exact) mass is 382 g/mol. The molecule has 0 saturated carbocycles. The van der Waals surface area contributed by atoms with Crippen molar-refractivity contribution in [2.45, 2.75) is 26.9 Å². The van der Waals surface area contributed by atoms with E-state index in [0.717, 1.165) is 31.2 Å². The third-order valence-electron chi connectivity index (χ3n) is 3.29. The third kappa shape index (κ3) is 3.10. The number of rotatable bonds is 2. The molecule has 0 aliphatic heterocycles. The number of halogens is 2. The van der Waals surface area contributed by atoms with E-state index in [1.165, 1.54) is 5.56 Å². The van der Waals surface area contributed by atoms with Crippen molar-refractivity contribution in [3.63, 3.8) is 0 Å². The predicted octanol–water partition coefficient (Wildman–Crippen LogP) is 5.22. The van der Waals surface area contributed by atoms with Crippen LogP contribution < -0.4 is 0 Å². The molecule has 0 aromatic heterocycles. The highest BCUT2D eigenvalue weighted by Crippen LogP contribution is 2.34. The van der Waals surface area contributed by atoms with Gasteiger partial charge in [-0.05, 0) is 49.6 Å². The summed E-state index contributed by atoms with van der Waals surface area (Å²) in [5, 5.41) is 10.6. The van der Waals surface area contributed by atoms with Crippen LogP contribution in [0, 0.1) is 20.8 Å². The fourth-order valence-corrected chi connectivity index (χ4v) is 3.21. The number of aliphatic hydroxyl groups excluding tert-OH is 1. The second-order valence-corrected chi connectivity index (χ2v) is 6.59. The van der Waals surface area contributed by atoms with E-state index in [1.54, 1.807) is 0 Å². The van der Waals surface area contributed by atoms with Crippen molar-refractivity contribution < 1.29 is 5.11 Å². The molecule has 0 spiro atoms. The van der Waals surface area contributed by atoms with E-state index in [2.05, 4.69) is 44.8 Å². The van der Waals surface area contributed by atoms with Crippen molar-refractivity contribution in [1.29, 1.82) is 0 Å². The van der Waals surface area contributed by atoms with Gasteiger partial charge in [-0.2, -0.15) is 0 Å². The van der Waals surface area contributed by atoms with Crippen molar-refractivity contribution in [2.75, 3.05) is 0 Å². The van der Waals surface area contributed by atoms with Crippen LogP contribution in [-0.4, -0.2) is 5.11 Å². The van der Waals surface area contributed by atoms with Gasteiger partial charge in [-0.25, -0.2) is 0 Å². The first kappa shape index (κ1) is 14.8. The van der Waals surface area contributed by atoms with E-state index >= 15 is 0 Å². The molecule has 0 heterocycles. The molecule has 2 aromatic carbocycles. The van der Waals surface area contributed by atoms with Crippen molar-refractivity contribution in [1.82, 2.24) is 0 Å². The lowest BCUT2D eigenvalue weighted by atomic mass is 9.96. The zero-order valence-corrected chi connectivity index (χ0v) is 14.3. The van der Waals surface area contributed by atoms with Gasteiger partial charge in [-0.3, -0.25) is 0 Å². The Labute approximate surface area is 130 Å². The SMILES string of the molecule is Cc1ccc(C(O)c2cc(Br)c(C)cc2Br)c(C)c1. The van der Waals surface area contributed by atoms with Crippen LogP contribution in [0.5, 0.6) is 0 Å². The summed E-state index contributed by atoms with van der Waals surface area (Å²) in [5.74, 6) is 0. The van der Waals surface area contributed by atoms with E-state index in [4.69, 9.17) is 0 Å². The summed E-state index contributed by atoms with van der Waals surface area (Å²) < 4.78 is 1.94. The molecule has 0 bridgehead atoms. The Morgan fingerprint density at radius 2 is 1.53 bits per heavy atom. The summed E-state index contributed by atoms with van der Waals surface area (Å²) in [4.78, 5) is 0. The lowest BCUT2D eigenvalue weighted by Gasteiger charge is -2.17. The van der Waals surface area contributed by atoms with Gasteiger partial charge >= 0.3 is 0 Å². The Morgan fingerprint density at radius 3 is 2.16 bits per heavy atom. The van der Waals surface area contributed by atoms with Crippen LogP contribution in [0.1, 0.15) is 33.9 Å². The van der Waals surface area contributed by atoms with Crippen molar-refractivity contribution in [2.24, 2.45) is 0 Å². The largest absolute Gasteiger partial charge is 0.384 e. The van der Waals surface area contributed by atoms with Crippen LogP contribution in [0.2, 0.25) is 0 Å². The predicted molar refractivity (Wildman–Crippen MR) is 86.6 cm³/mol. The lowest BCUT2D eigenvalue weighted by molar-refractivity contribution is 0.218. The molecule has 0 aliphatic rings. The highest BCUT2D eigenvalue weighted by molar-refractivity contribution is 9.11. The maximum absolute atomic E-state index is 10.6. The van der Waals surface area contributed by atoms with E-state index in [0.29, 0.717) is 0 Å². The molecular formula is C16H16Br2O. The average Bonchev–Trinajstić information content (AvgIpc) is 2.33. The standard InChI is InChI=1S/C16H16Br2O/c1-9-4-5-12(10(2)6-9)16(19)13-8-14(17)11(3)7-15(13)18/h4-8,16,19H,1-3H3. The number of aliphatic hydroxyl groups is 1. The molecule has 0 fully saturated rings. The number of benzene rings is 2. The van der Waals surface area contributed by atoms with Gasteiger partial charge in [0.2, 0.25) is 0 Å². The second kappa shape index (κ2) is 5.78. The van der Waals surface area contributed by atoms with Gasteiger partial charge in [0.15, 0.2) is 0 Å². The van der Waals surface area contributed by atoms with Crippen LogP contribution in [0.25, 0.3) is 0 Å². The van der Waals surface area contributed by atoms with Gasteiger partial charge in [0.25, 0.3) is 0 Å². The van der Waals surface area contributed by atoms with Crippen LogP contribution >= 0.6 is 31.9 Å². The number of hydrogen-bond acceptors (Lipinski definition) is 1. The van der Waals surface area contributed by atoms with Gasteiger partial charge in [-0.1, -0.05) is 55.6 Å². The minimum Gasteiger partial charge on any atom is -0.384 e. The summed E-state index contributed by atoms with van der Waals surface area (Å²) in [6.45, 7) is 6.12. The molecule has 2 aromatic rings. The first-order valence-corrected chi connectivity index (χ1v) is 7.69. The number of aryl methyl sites for hydroxylation is 3. The Kier molecular flexibility index (Phi) is 4.49. The zero-order chi connectivity index (χ0) is 14.2. The molecule has 100 valence electrons. The first-order valence-electron chi connectivity index (χ1n) is 6.11. The minimum absolute atomic E-state index is 0.619. The Morgan fingerprint density at radius 1 is 0.842 bits per heavy atom. The molecule has 0 amide bonds. The Bertz CT molecular complexity index is 620. The van der Waals surface area contributed by atoms with E-state index < -0.39 is 6.10 Å². The van der Waals surface area contributed by atoms with Crippen LogP contribution in [-0.2, 0) is 0 Å². The lowest BCUT2D eigenvalue weighted by Crippen LogP contribution is -2.03. The topological polar surface area (TPSA) is 20.2 Å². The zero-order valence-electron chi connectivity index (χ0n) is 11.2. The molecule has 1 nitrogen and oxygen atoms in total. The highest BCUT2D eigenvalue weighted by Gasteiger charge is 2.17. The van der Waals surface area contributed by atoms with E-state index in [-0.39, 0.29) is 0 Å². The maximum Gasteiger partial charge on any atom is 0.105 e. The normalized spacial score (nSPS) is 12.5. The highest BCUT2D eigenvalue weighted by atomic mass is 79.9. The van der Waals surface area contributed by atoms with Gasteiger partial charge in [0.1, 0.15) is 6.10 Å². The third-order valence-corrected chi connectivity index (χ3v) is 4.83. The van der Waals surface area contributed by atoms with Crippen LogP contribution in [0.3, 0.4) is 0 Å². The van der Waals surface area contributed by atoms with Crippen LogP contribution in [0.15, 0.2) is 39.3 Å². The molecule has 19 heavy (non-hydrogen) atoms. The molecule has 0 radical (unpaired) electrons. The molecule has 1 unspecified atom stereocenters. The van der Waals surface area contributed by atoms with E-state index in [1.807, 2.05) is 38.1 Å². The molecule has 3 heteroatoms. The van der Waals surface area contributed by atoms with Crippen molar-refractivity contribution >= 4 is 31.9 Å². The van der Waals surface area contributed by atoms with Crippen molar-refractivity contribution in [3.05, 3.63) is 67.1 Å². The summed E-state index contributed by atoms with van der Waals surface area (Å²) in [5.41, 5.74) is 5.28. The quantitative estimate of drug-likeness (QED) is 0.753. The minimum atomic E-state index is -0.619. The fourth-order valence-electron chi connectivity index (χ4n) is 2.17. The Hall–Kier alpha value is -0.640. The molecule has 1 atom stereocenters. The molecule has 0 aliphatic carbocycles. The summed E-state index contributed by atoms with van der Waals surface area (Å²) in [7, 11) is 0. The molecule has 1 N–H and O–H groups in total. The molecule has 0 saturated heterocycles. The first-order chi connectivity index (χ1) is 8.90. The Balaban J connectivity index is 2.49.